The van der Waals surface area contributed by atoms with Crippen molar-refractivity contribution in [2.45, 2.75) is 6.18 Å². The van der Waals surface area contributed by atoms with Crippen molar-refractivity contribution in [3.63, 3.8) is 0 Å². The monoisotopic (exact) mass is 294 g/mol. The van der Waals surface area contributed by atoms with Crippen LogP contribution in [0.25, 0.3) is 16.7 Å². The molecule has 0 bridgehead atoms. The maximum absolute atomic E-state index is 12.8. The first-order valence-electron chi connectivity index (χ1n) is 5.97. The fourth-order valence-electron chi connectivity index (χ4n) is 2.14. The number of phenolic OH excluding ortho intramolecular Hbond substituents is 1. The molecule has 0 aliphatic heterocycles. The highest BCUT2D eigenvalue weighted by atomic mass is 19.4. The number of nitrogens with zero attached hydrogens (tertiary/aromatic N) is 1. The molecule has 3 rings (SSSR count). The molecule has 1 aromatic heterocycles. The Bertz CT molecular complexity index is 861. The number of aromatic amines is 1. The molecule has 108 valence electrons. The van der Waals surface area contributed by atoms with E-state index in [1.165, 1.54) is 30.3 Å². The molecule has 7 heteroatoms. The summed E-state index contributed by atoms with van der Waals surface area (Å²) < 4.78 is 39.5. The lowest BCUT2D eigenvalue weighted by atomic mass is 10.2. The number of fused-ring (bicyclic) bond motifs is 1. The zero-order valence-electron chi connectivity index (χ0n) is 10.5. The summed E-state index contributed by atoms with van der Waals surface area (Å²) in [4.78, 5) is 14.4. The second-order valence-corrected chi connectivity index (χ2v) is 4.51. The number of halogens is 3. The van der Waals surface area contributed by atoms with Gasteiger partial charge in [-0.05, 0) is 42.5 Å². The van der Waals surface area contributed by atoms with E-state index >= 15 is 0 Å². The Hall–Kier alpha value is -2.70. The lowest BCUT2D eigenvalue weighted by Crippen LogP contribution is -2.14. The number of hydrogen-bond donors (Lipinski definition) is 2. The van der Waals surface area contributed by atoms with Gasteiger partial charge in [0, 0.05) is 0 Å². The van der Waals surface area contributed by atoms with Crippen LogP contribution in [0, 0.1) is 0 Å². The van der Waals surface area contributed by atoms with E-state index in [0.717, 1.165) is 16.7 Å². The van der Waals surface area contributed by atoms with Crippen LogP contribution in [-0.2, 0) is 6.18 Å². The van der Waals surface area contributed by atoms with Crippen LogP contribution in [0.5, 0.6) is 5.75 Å². The highest BCUT2D eigenvalue weighted by Crippen LogP contribution is 2.31. The molecule has 0 saturated heterocycles. The van der Waals surface area contributed by atoms with Crippen molar-refractivity contribution in [2.24, 2.45) is 0 Å². The van der Waals surface area contributed by atoms with Crippen molar-refractivity contribution < 1.29 is 18.3 Å². The second kappa shape index (κ2) is 4.41. The molecule has 2 N–H and O–H groups in total. The number of phenols is 1. The van der Waals surface area contributed by atoms with Gasteiger partial charge in [0.15, 0.2) is 0 Å². The van der Waals surface area contributed by atoms with Gasteiger partial charge in [-0.2, -0.15) is 13.2 Å². The zero-order chi connectivity index (χ0) is 15.2. The fraction of sp³-hybridized carbons (Fsp3) is 0.0714. The number of imidazole rings is 1. The van der Waals surface area contributed by atoms with E-state index in [1.54, 1.807) is 0 Å². The molecule has 0 spiro atoms. The molecule has 0 atom stereocenters. The molecule has 1 heterocycles. The van der Waals surface area contributed by atoms with Gasteiger partial charge in [0.25, 0.3) is 0 Å². The molecule has 0 saturated carbocycles. The van der Waals surface area contributed by atoms with Crippen LogP contribution in [-0.4, -0.2) is 14.7 Å². The number of hydrogen-bond acceptors (Lipinski definition) is 2. The predicted molar refractivity (Wildman–Crippen MR) is 70.6 cm³/mol. The molecule has 0 aliphatic carbocycles. The average Bonchev–Trinajstić information content (AvgIpc) is 2.74. The zero-order valence-corrected chi connectivity index (χ0v) is 10.5. The Labute approximate surface area is 116 Å². The van der Waals surface area contributed by atoms with Gasteiger partial charge < -0.3 is 10.1 Å². The van der Waals surface area contributed by atoms with Crippen molar-refractivity contribution in [1.29, 1.82) is 0 Å². The summed E-state index contributed by atoms with van der Waals surface area (Å²) in [6.45, 7) is 0. The summed E-state index contributed by atoms with van der Waals surface area (Å²) in [5.41, 5.74) is -0.582. The van der Waals surface area contributed by atoms with E-state index in [1.807, 2.05) is 0 Å². The Morgan fingerprint density at radius 1 is 1.05 bits per heavy atom. The van der Waals surface area contributed by atoms with Crippen molar-refractivity contribution in [2.75, 3.05) is 0 Å². The lowest BCUT2D eigenvalue weighted by molar-refractivity contribution is -0.137. The van der Waals surface area contributed by atoms with Gasteiger partial charge in [0.1, 0.15) is 5.75 Å². The van der Waals surface area contributed by atoms with Crippen molar-refractivity contribution >= 4 is 11.0 Å². The number of nitrogens with one attached hydrogen (secondary N) is 1. The van der Waals surface area contributed by atoms with Crippen LogP contribution in [0.3, 0.4) is 0 Å². The Balaban J connectivity index is 2.29. The van der Waals surface area contributed by atoms with Crippen LogP contribution in [0.15, 0.2) is 47.3 Å². The topological polar surface area (TPSA) is 58.0 Å². The van der Waals surface area contributed by atoms with Gasteiger partial charge >= 0.3 is 11.9 Å². The highest BCUT2D eigenvalue weighted by Gasteiger charge is 2.31. The Morgan fingerprint density at radius 2 is 1.71 bits per heavy atom. The van der Waals surface area contributed by atoms with Gasteiger partial charge in [-0.25, -0.2) is 4.79 Å². The van der Waals surface area contributed by atoms with E-state index in [2.05, 4.69) is 4.98 Å². The molecule has 4 nitrogen and oxygen atoms in total. The molecule has 0 aliphatic rings. The number of rotatable bonds is 1. The quantitative estimate of drug-likeness (QED) is 0.724. The third kappa shape index (κ3) is 2.26. The molecule has 0 amide bonds. The number of H-pyrrole nitrogens is 1. The molecule has 2 aromatic carbocycles. The number of aromatic hydroxyl groups is 1. The second-order valence-electron chi connectivity index (χ2n) is 4.51. The molecular formula is C14H9F3N2O2. The van der Waals surface area contributed by atoms with E-state index in [-0.39, 0.29) is 11.3 Å². The maximum Gasteiger partial charge on any atom is 0.416 e. The first-order valence-corrected chi connectivity index (χ1v) is 5.97. The smallest absolute Gasteiger partial charge is 0.416 e. The van der Waals surface area contributed by atoms with E-state index in [4.69, 9.17) is 0 Å². The van der Waals surface area contributed by atoms with Crippen LogP contribution in [0.1, 0.15) is 5.56 Å². The molecular weight excluding hydrogens is 285 g/mol. The van der Waals surface area contributed by atoms with Crippen molar-refractivity contribution in [3.05, 3.63) is 58.5 Å². The SMILES string of the molecule is O=c1[nH]c2ccc(C(F)(F)F)cc2n1-c1ccc(O)cc1. The van der Waals surface area contributed by atoms with Gasteiger partial charge in [0.05, 0.1) is 22.3 Å². The normalized spacial score (nSPS) is 12.0. The van der Waals surface area contributed by atoms with Crippen molar-refractivity contribution in [3.8, 4) is 11.4 Å². The third-order valence-electron chi connectivity index (χ3n) is 3.12. The first-order chi connectivity index (χ1) is 9.86. The number of aromatic nitrogens is 2. The summed E-state index contributed by atoms with van der Waals surface area (Å²) in [6.07, 6.45) is -4.48. The minimum absolute atomic E-state index is 0.00243. The van der Waals surface area contributed by atoms with Gasteiger partial charge in [-0.3, -0.25) is 4.57 Å². The van der Waals surface area contributed by atoms with Crippen molar-refractivity contribution in [1.82, 2.24) is 9.55 Å². The summed E-state index contributed by atoms with van der Waals surface area (Å²) in [5, 5.41) is 9.24. The molecule has 3 aromatic rings. The van der Waals surface area contributed by atoms with Crippen LogP contribution in [0.4, 0.5) is 13.2 Å². The van der Waals surface area contributed by atoms with Gasteiger partial charge in [-0.15, -0.1) is 0 Å². The van der Waals surface area contributed by atoms with Crippen LogP contribution in [0.2, 0.25) is 0 Å². The molecule has 0 radical (unpaired) electrons. The molecule has 0 unspecified atom stereocenters. The average molecular weight is 294 g/mol. The third-order valence-corrected chi connectivity index (χ3v) is 3.12. The van der Waals surface area contributed by atoms with Gasteiger partial charge in [-0.1, -0.05) is 0 Å². The summed E-state index contributed by atoms with van der Waals surface area (Å²) in [7, 11) is 0. The van der Waals surface area contributed by atoms with E-state index in [9.17, 15) is 23.1 Å². The Kier molecular flexibility index (Phi) is 2.79. The highest BCUT2D eigenvalue weighted by molar-refractivity contribution is 5.78. The maximum atomic E-state index is 12.8. The largest absolute Gasteiger partial charge is 0.508 e. The molecule has 21 heavy (non-hydrogen) atoms. The van der Waals surface area contributed by atoms with Gasteiger partial charge in [0.2, 0.25) is 0 Å². The first kappa shape index (κ1) is 13.3. The standard InChI is InChI=1S/C14H9F3N2O2/c15-14(16,17)8-1-6-11-12(7-8)19(13(21)18-11)9-2-4-10(20)5-3-9/h1-7,20H,(H,18,21). The summed E-state index contributed by atoms with van der Waals surface area (Å²) in [5.74, 6) is 0.00243. The van der Waals surface area contributed by atoms with E-state index < -0.39 is 17.4 Å². The van der Waals surface area contributed by atoms with Crippen LogP contribution < -0.4 is 5.69 Å². The summed E-state index contributed by atoms with van der Waals surface area (Å²) >= 11 is 0. The van der Waals surface area contributed by atoms with Crippen LogP contribution >= 0.6 is 0 Å². The fourth-order valence-corrected chi connectivity index (χ4v) is 2.14. The lowest BCUT2D eigenvalue weighted by Gasteiger charge is -2.08. The summed E-state index contributed by atoms with van der Waals surface area (Å²) in [6, 6.07) is 8.66. The van der Waals surface area contributed by atoms with E-state index in [0.29, 0.717) is 11.2 Å². The minimum Gasteiger partial charge on any atom is -0.508 e. The molecule has 0 fully saturated rings. The number of benzene rings is 2. The minimum atomic E-state index is -4.48. The Morgan fingerprint density at radius 3 is 2.33 bits per heavy atom. The predicted octanol–water partition coefficient (Wildman–Crippen LogP) is 3.04. The number of alkyl halides is 3.